The number of alkyl halides is 2. The lowest BCUT2D eigenvalue weighted by Crippen LogP contribution is -2.31. The maximum absolute atomic E-state index is 13.0. The van der Waals surface area contributed by atoms with Gasteiger partial charge in [-0.25, -0.2) is 0 Å². The zero-order valence-electron chi connectivity index (χ0n) is 6.13. The van der Waals surface area contributed by atoms with Crippen molar-refractivity contribution in [1.29, 1.82) is 0 Å². The summed E-state index contributed by atoms with van der Waals surface area (Å²) in [6.45, 7) is 0. The fourth-order valence-corrected chi connectivity index (χ4v) is 0.908. The van der Waals surface area contributed by atoms with E-state index in [2.05, 4.69) is 12.2 Å². The molecule has 1 nitrogen and oxygen atoms in total. The van der Waals surface area contributed by atoms with Crippen molar-refractivity contribution in [3.8, 4) is 0 Å². The molecule has 0 aliphatic carbocycles. The molecule has 0 fully saturated rings. The normalized spacial score (nSPS) is 11.2. The molecule has 0 unspecified atom stereocenters. The highest BCUT2D eigenvalue weighted by molar-refractivity contribution is 7.80. The monoisotopic (exact) mass is 187 g/mol. The zero-order valence-corrected chi connectivity index (χ0v) is 6.94. The van der Waals surface area contributed by atoms with Gasteiger partial charge in [-0.2, -0.15) is 8.78 Å². The Balaban J connectivity index is 3.06. The maximum Gasteiger partial charge on any atom is 0.322 e. The quantitative estimate of drug-likeness (QED) is 0.717. The van der Waals surface area contributed by atoms with Crippen molar-refractivity contribution in [3.63, 3.8) is 0 Å². The summed E-state index contributed by atoms with van der Waals surface area (Å²) < 4.78 is 26.0. The van der Waals surface area contributed by atoms with Gasteiger partial charge in [0.25, 0.3) is 0 Å². The van der Waals surface area contributed by atoms with Crippen LogP contribution in [-0.4, -0.2) is 4.99 Å². The third-order valence-corrected chi connectivity index (χ3v) is 1.70. The van der Waals surface area contributed by atoms with E-state index < -0.39 is 10.9 Å². The van der Waals surface area contributed by atoms with Crippen LogP contribution in [0.5, 0.6) is 0 Å². The number of hydrogen-bond acceptors (Lipinski definition) is 1. The van der Waals surface area contributed by atoms with Crippen molar-refractivity contribution in [1.82, 2.24) is 0 Å². The summed E-state index contributed by atoms with van der Waals surface area (Å²) in [5, 5.41) is 0. The minimum absolute atomic E-state index is 0.169. The van der Waals surface area contributed by atoms with Gasteiger partial charge in [-0.1, -0.05) is 42.5 Å². The summed E-state index contributed by atoms with van der Waals surface area (Å²) in [7, 11) is 0. The van der Waals surface area contributed by atoms with Crippen LogP contribution in [0.15, 0.2) is 30.3 Å². The van der Waals surface area contributed by atoms with Gasteiger partial charge in [-0.15, -0.1) is 0 Å². The Bertz CT molecular complexity index is 284. The second-order valence-corrected chi connectivity index (χ2v) is 2.74. The third kappa shape index (κ3) is 1.58. The average molecular weight is 187 g/mol. The van der Waals surface area contributed by atoms with Gasteiger partial charge in [-0.3, -0.25) is 0 Å². The molecule has 1 aromatic rings. The number of nitrogens with two attached hydrogens (primary N) is 1. The van der Waals surface area contributed by atoms with E-state index in [-0.39, 0.29) is 5.56 Å². The lowest BCUT2D eigenvalue weighted by Gasteiger charge is -2.13. The van der Waals surface area contributed by atoms with Crippen LogP contribution in [0, 0.1) is 0 Å². The van der Waals surface area contributed by atoms with Gasteiger partial charge in [-0.05, 0) is 0 Å². The highest BCUT2D eigenvalue weighted by atomic mass is 32.1. The Labute approximate surface area is 74.2 Å². The number of hydrogen-bond donors (Lipinski definition) is 1. The molecule has 2 N–H and O–H groups in total. The summed E-state index contributed by atoms with van der Waals surface area (Å²) in [4.78, 5) is -0.797. The van der Waals surface area contributed by atoms with Gasteiger partial charge in [0.2, 0.25) is 0 Å². The van der Waals surface area contributed by atoms with E-state index in [0.717, 1.165) is 0 Å². The minimum Gasteiger partial charge on any atom is -0.388 e. The Kier molecular flexibility index (Phi) is 2.38. The standard InChI is InChI=1S/C8H7F2NS/c9-8(10,7(11)12)6-4-2-1-3-5-6/h1-5H,(H2,11,12). The molecule has 0 saturated heterocycles. The minimum atomic E-state index is -3.20. The first-order chi connectivity index (χ1) is 5.55. The lowest BCUT2D eigenvalue weighted by atomic mass is 10.1. The van der Waals surface area contributed by atoms with E-state index in [1.54, 1.807) is 6.07 Å². The van der Waals surface area contributed by atoms with Gasteiger partial charge < -0.3 is 5.73 Å². The van der Waals surface area contributed by atoms with Crippen molar-refractivity contribution in [2.75, 3.05) is 0 Å². The molecule has 0 saturated carbocycles. The van der Waals surface area contributed by atoms with Crippen molar-refractivity contribution in [2.24, 2.45) is 5.73 Å². The van der Waals surface area contributed by atoms with Crippen molar-refractivity contribution < 1.29 is 8.78 Å². The van der Waals surface area contributed by atoms with E-state index >= 15 is 0 Å². The van der Waals surface area contributed by atoms with Crippen molar-refractivity contribution in [2.45, 2.75) is 5.92 Å². The van der Waals surface area contributed by atoms with E-state index in [1.807, 2.05) is 0 Å². The van der Waals surface area contributed by atoms with Crippen LogP contribution in [0.1, 0.15) is 5.56 Å². The Morgan fingerprint density at radius 1 is 1.25 bits per heavy atom. The second-order valence-electron chi connectivity index (χ2n) is 2.30. The van der Waals surface area contributed by atoms with E-state index in [9.17, 15) is 8.78 Å². The van der Waals surface area contributed by atoms with Crippen LogP contribution in [0.25, 0.3) is 0 Å². The molecule has 1 rings (SSSR count). The molecular weight excluding hydrogens is 180 g/mol. The Hall–Kier alpha value is -1.03. The molecule has 0 aliphatic heterocycles. The summed E-state index contributed by atoms with van der Waals surface area (Å²) in [6.07, 6.45) is 0. The average Bonchev–Trinajstić information content (AvgIpc) is 2.06. The first-order valence-corrected chi connectivity index (χ1v) is 3.69. The largest absolute Gasteiger partial charge is 0.388 e. The SMILES string of the molecule is NC(=S)C(F)(F)c1ccccc1. The summed E-state index contributed by atoms with van der Waals surface area (Å²) in [5.74, 6) is -3.20. The van der Waals surface area contributed by atoms with E-state index in [0.29, 0.717) is 0 Å². The van der Waals surface area contributed by atoms with Crippen LogP contribution < -0.4 is 5.73 Å². The first-order valence-electron chi connectivity index (χ1n) is 3.28. The second kappa shape index (κ2) is 3.15. The fourth-order valence-electron chi connectivity index (χ4n) is 0.790. The van der Waals surface area contributed by atoms with Gasteiger partial charge in [0.1, 0.15) is 4.99 Å². The van der Waals surface area contributed by atoms with Crippen LogP contribution in [0.2, 0.25) is 0 Å². The van der Waals surface area contributed by atoms with Crippen LogP contribution in [-0.2, 0) is 5.92 Å². The molecule has 64 valence electrons. The zero-order chi connectivity index (χ0) is 9.19. The van der Waals surface area contributed by atoms with Gasteiger partial charge >= 0.3 is 5.92 Å². The topological polar surface area (TPSA) is 26.0 Å². The molecule has 0 atom stereocenters. The predicted molar refractivity (Wildman–Crippen MR) is 47.1 cm³/mol. The Morgan fingerprint density at radius 3 is 2.17 bits per heavy atom. The van der Waals surface area contributed by atoms with E-state index in [1.165, 1.54) is 24.3 Å². The van der Waals surface area contributed by atoms with Gasteiger partial charge in [0, 0.05) is 5.56 Å². The summed E-state index contributed by atoms with van der Waals surface area (Å²) in [6, 6.07) is 7.26. The number of benzene rings is 1. The lowest BCUT2D eigenvalue weighted by molar-refractivity contribution is 0.0776. The molecule has 0 heterocycles. The molecule has 0 bridgehead atoms. The highest BCUT2D eigenvalue weighted by Crippen LogP contribution is 2.27. The predicted octanol–water partition coefficient (Wildman–Crippen LogP) is 2.06. The van der Waals surface area contributed by atoms with Crippen LogP contribution >= 0.6 is 12.2 Å². The van der Waals surface area contributed by atoms with Gasteiger partial charge in [0.05, 0.1) is 0 Å². The molecule has 0 spiro atoms. The van der Waals surface area contributed by atoms with Crippen molar-refractivity contribution >= 4 is 17.2 Å². The number of halogens is 2. The molecule has 12 heavy (non-hydrogen) atoms. The smallest absolute Gasteiger partial charge is 0.322 e. The Morgan fingerprint density at radius 2 is 1.75 bits per heavy atom. The molecule has 4 heteroatoms. The number of thiocarbonyl (C=S) groups is 1. The first kappa shape index (κ1) is 9.06. The highest BCUT2D eigenvalue weighted by Gasteiger charge is 2.34. The van der Waals surface area contributed by atoms with E-state index in [4.69, 9.17) is 5.73 Å². The van der Waals surface area contributed by atoms with Crippen molar-refractivity contribution in [3.05, 3.63) is 35.9 Å². The fraction of sp³-hybridized carbons (Fsp3) is 0.125. The van der Waals surface area contributed by atoms with Gasteiger partial charge in [0.15, 0.2) is 0 Å². The van der Waals surface area contributed by atoms with Crippen LogP contribution in [0.4, 0.5) is 8.78 Å². The number of rotatable bonds is 2. The summed E-state index contributed by atoms with van der Waals surface area (Å²) >= 11 is 4.24. The maximum atomic E-state index is 13.0. The molecule has 0 aromatic heterocycles. The van der Waals surface area contributed by atoms with Crippen LogP contribution in [0.3, 0.4) is 0 Å². The molecule has 0 amide bonds. The molecule has 1 aromatic carbocycles. The molecular formula is C8H7F2NS. The molecule has 0 radical (unpaired) electrons. The summed E-state index contributed by atoms with van der Waals surface area (Å²) in [5.41, 5.74) is 4.71. The third-order valence-electron chi connectivity index (χ3n) is 1.45. The molecule has 0 aliphatic rings.